The largest absolute Gasteiger partial charge is 0.476 e. The second kappa shape index (κ2) is 3.82. The number of hydrogen-bond acceptors (Lipinski definition) is 4. The normalized spacial score (nSPS) is 14.3. The molecule has 1 unspecified atom stereocenters. The first kappa shape index (κ1) is 9.77. The maximum atomic E-state index is 10.5. The second-order valence-electron chi connectivity index (χ2n) is 1.97. The van der Waals surface area contributed by atoms with Crippen molar-refractivity contribution in [1.29, 1.82) is 0 Å². The molecule has 0 fully saturated rings. The summed E-state index contributed by atoms with van der Waals surface area (Å²) in [5.41, 5.74) is -0.625. The molecule has 0 aromatic heterocycles. The minimum absolute atomic E-state index is 0.625. The average molecular weight is 159 g/mol. The Bertz CT molecular complexity index is 191. The molecule has 0 aliphatic carbocycles. The predicted octanol–water partition coefficient (Wildman–Crippen LogP) is -0.561. The molecule has 0 heterocycles. The zero-order chi connectivity index (χ0) is 9.02. The monoisotopic (exact) mass is 159 g/mol. The van der Waals surface area contributed by atoms with E-state index in [0.29, 0.717) is 0 Å². The Morgan fingerprint density at radius 1 is 1.45 bits per heavy atom. The number of nitrogens with zero attached hydrogens (tertiary/aromatic N) is 1. The Labute approximate surface area is 63.4 Å². The second-order valence-corrected chi connectivity index (χ2v) is 1.97. The highest BCUT2D eigenvalue weighted by atomic mass is 16.4. The Morgan fingerprint density at radius 3 is 2.00 bits per heavy atom. The first-order chi connectivity index (χ1) is 4.95. The van der Waals surface area contributed by atoms with Crippen LogP contribution >= 0.6 is 0 Å². The van der Waals surface area contributed by atoms with Crippen LogP contribution in [-0.2, 0) is 9.59 Å². The number of carbonyl (C=O) groups excluding carboxylic acids is 1. The number of aliphatic hydroxyl groups excluding tert-OH is 1. The van der Waals surface area contributed by atoms with E-state index in [2.05, 4.69) is 4.99 Å². The molecule has 0 spiro atoms. The Balaban J connectivity index is 4.60. The highest BCUT2D eigenvalue weighted by molar-refractivity contribution is 6.63. The van der Waals surface area contributed by atoms with Crippen molar-refractivity contribution in [3.05, 3.63) is 0 Å². The maximum Gasteiger partial charge on any atom is 0.357 e. The molecule has 0 aromatic carbocycles. The first-order valence-electron chi connectivity index (χ1n) is 2.95. The fourth-order valence-corrected chi connectivity index (χ4v) is 0.484. The van der Waals surface area contributed by atoms with Crippen molar-refractivity contribution in [3.63, 3.8) is 0 Å². The van der Waals surface area contributed by atoms with Gasteiger partial charge in [0.25, 0.3) is 0 Å². The van der Waals surface area contributed by atoms with Gasteiger partial charge in [-0.05, 0) is 6.92 Å². The van der Waals surface area contributed by atoms with E-state index in [1.165, 1.54) is 6.92 Å². The molecule has 0 amide bonds. The van der Waals surface area contributed by atoms with Crippen molar-refractivity contribution in [2.24, 2.45) is 4.99 Å². The van der Waals surface area contributed by atoms with Gasteiger partial charge in [0.2, 0.25) is 0 Å². The lowest BCUT2D eigenvalue weighted by Gasteiger charge is -1.97. The standard InChI is InChI=1S/C6H9NO4/c1-3(8)5(6(10)11)7-4(2)9/h4,9H,1-2H3,(H,10,11)/b7-5+. The van der Waals surface area contributed by atoms with Gasteiger partial charge >= 0.3 is 5.97 Å². The Hall–Kier alpha value is -1.23. The van der Waals surface area contributed by atoms with Crippen LogP contribution in [0.3, 0.4) is 0 Å². The summed E-state index contributed by atoms with van der Waals surface area (Å²) in [5.74, 6) is -2.09. The highest BCUT2D eigenvalue weighted by Crippen LogP contribution is 1.88. The molecule has 1 atom stereocenters. The molecule has 2 N–H and O–H groups in total. The van der Waals surface area contributed by atoms with Crippen LogP contribution in [0, 0.1) is 0 Å². The van der Waals surface area contributed by atoms with Crippen LogP contribution in [0.4, 0.5) is 0 Å². The van der Waals surface area contributed by atoms with Crippen LogP contribution in [-0.4, -0.2) is 33.9 Å². The number of carbonyl (C=O) groups is 2. The molecular formula is C6H9NO4. The highest BCUT2D eigenvalue weighted by Gasteiger charge is 2.15. The maximum absolute atomic E-state index is 10.5. The van der Waals surface area contributed by atoms with Gasteiger partial charge in [0, 0.05) is 6.92 Å². The lowest BCUT2D eigenvalue weighted by atomic mass is 10.3. The van der Waals surface area contributed by atoms with Gasteiger partial charge in [-0.25, -0.2) is 9.79 Å². The van der Waals surface area contributed by atoms with Crippen LogP contribution in [0.2, 0.25) is 0 Å². The summed E-state index contributed by atoms with van der Waals surface area (Å²) in [6.07, 6.45) is -1.16. The molecule has 5 nitrogen and oxygen atoms in total. The molecule has 0 aliphatic heterocycles. The van der Waals surface area contributed by atoms with Gasteiger partial charge in [-0.15, -0.1) is 0 Å². The van der Waals surface area contributed by atoms with E-state index < -0.39 is 23.7 Å². The first-order valence-corrected chi connectivity index (χ1v) is 2.95. The van der Waals surface area contributed by atoms with Crippen molar-refractivity contribution < 1.29 is 19.8 Å². The Kier molecular flexibility index (Phi) is 3.39. The van der Waals surface area contributed by atoms with Crippen LogP contribution < -0.4 is 0 Å². The molecule has 62 valence electrons. The van der Waals surface area contributed by atoms with Crippen LogP contribution in [0.15, 0.2) is 4.99 Å². The van der Waals surface area contributed by atoms with Gasteiger partial charge in [-0.2, -0.15) is 0 Å². The van der Waals surface area contributed by atoms with Crippen molar-refractivity contribution in [1.82, 2.24) is 0 Å². The molecular weight excluding hydrogens is 150 g/mol. The smallest absolute Gasteiger partial charge is 0.357 e. The Morgan fingerprint density at radius 2 is 1.91 bits per heavy atom. The van der Waals surface area contributed by atoms with E-state index in [1.807, 2.05) is 0 Å². The molecule has 0 saturated carbocycles. The number of Topliss-reactive ketones (excluding diaryl/α,β-unsaturated/α-hetero) is 1. The number of aliphatic carboxylic acids is 1. The number of aliphatic hydroxyl groups is 1. The molecule has 0 rings (SSSR count). The van der Waals surface area contributed by atoms with Gasteiger partial charge in [0.1, 0.15) is 6.23 Å². The SMILES string of the molecule is CC(=O)/C(=N\C(C)O)C(=O)O. The quantitative estimate of drug-likeness (QED) is 0.426. The summed E-state index contributed by atoms with van der Waals surface area (Å²) >= 11 is 0. The van der Waals surface area contributed by atoms with Crippen LogP contribution in [0.1, 0.15) is 13.8 Å². The molecule has 11 heavy (non-hydrogen) atoms. The van der Waals surface area contributed by atoms with Crippen molar-refractivity contribution in [3.8, 4) is 0 Å². The zero-order valence-electron chi connectivity index (χ0n) is 6.24. The number of ketones is 1. The van der Waals surface area contributed by atoms with Gasteiger partial charge in [-0.3, -0.25) is 4.79 Å². The fourth-order valence-electron chi connectivity index (χ4n) is 0.484. The molecule has 0 saturated heterocycles. The van der Waals surface area contributed by atoms with Crippen molar-refractivity contribution >= 4 is 17.5 Å². The van der Waals surface area contributed by atoms with E-state index in [9.17, 15) is 9.59 Å². The van der Waals surface area contributed by atoms with E-state index in [1.54, 1.807) is 0 Å². The lowest BCUT2D eigenvalue weighted by molar-refractivity contribution is -0.130. The summed E-state index contributed by atoms with van der Waals surface area (Å²) in [6.45, 7) is 2.35. The number of rotatable bonds is 3. The third-order valence-corrected chi connectivity index (χ3v) is 0.852. The molecule has 0 bridgehead atoms. The van der Waals surface area contributed by atoms with Gasteiger partial charge in [0.15, 0.2) is 11.5 Å². The van der Waals surface area contributed by atoms with Gasteiger partial charge in [-0.1, -0.05) is 0 Å². The zero-order valence-corrected chi connectivity index (χ0v) is 6.24. The topological polar surface area (TPSA) is 87.0 Å². The lowest BCUT2D eigenvalue weighted by Crippen LogP contribution is -2.23. The third kappa shape index (κ3) is 3.47. The van der Waals surface area contributed by atoms with E-state index >= 15 is 0 Å². The molecule has 0 aromatic rings. The molecule has 0 radical (unpaired) electrons. The van der Waals surface area contributed by atoms with E-state index in [-0.39, 0.29) is 0 Å². The summed E-state index contributed by atoms with van der Waals surface area (Å²) < 4.78 is 0. The number of carboxylic acid groups (broad SMARTS) is 1. The average Bonchev–Trinajstić information content (AvgIpc) is 1.81. The summed E-state index contributed by atoms with van der Waals surface area (Å²) in [7, 11) is 0. The molecule has 0 aliphatic rings. The van der Waals surface area contributed by atoms with Gasteiger partial charge in [0.05, 0.1) is 0 Å². The fraction of sp³-hybridized carbons (Fsp3) is 0.500. The van der Waals surface area contributed by atoms with Crippen LogP contribution in [0.25, 0.3) is 0 Å². The summed E-state index contributed by atoms with van der Waals surface area (Å²) in [6, 6.07) is 0. The van der Waals surface area contributed by atoms with Crippen molar-refractivity contribution in [2.45, 2.75) is 20.1 Å². The third-order valence-electron chi connectivity index (χ3n) is 0.852. The van der Waals surface area contributed by atoms with Crippen molar-refractivity contribution in [2.75, 3.05) is 0 Å². The van der Waals surface area contributed by atoms with E-state index in [4.69, 9.17) is 10.2 Å². The summed E-state index contributed by atoms with van der Waals surface area (Å²) in [4.78, 5) is 23.9. The van der Waals surface area contributed by atoms with Crippen LogP contribution in [0.5, 0.6) is 0 Å². The minimum atomic E-state index is -1.42. The predicted molar refractivity (Wildman–Crippen MR) is 37.4 cm³/mol. The number of aliphatic imine (C=N–C) groups is 1. The van der Waals surface area contributed by atoms with Gasteiger partial charge < -0.3 is 10.2 Å². The van der Waals surface area contributed by atoms with E-state index in [0.717, 1.165) is 6.92 Å². The minimum Gasteiger partial charge on any atom is -0.476 e. The summed E-state index contributed by atoms with van der Waals surface area (Å²) in [5, 5.41) is 16.9. The number of carboxylic acids is 1. The molecule has 5 heteroatoms. The number of hydrogen-bond donors (Lipinski definition) is 2.